The zero-order valence-corrected chi connectivity index (χ0v) is 14.0. The molecule has 1 atom stereocenters. The Morgan fingerprint density at radius 3 is 2.67 bits per heavy atom. The van der Waals surface area contributed by atoms with Crippen molar-refractivity contribution in [1.82, 2.24) is 15.2 Å². The Bertz CT molecular complexity index is 437. The molecule has 0 bridgehead atoms. The third kappa shape index (κ3) is 6.50. The molecule has 1 aliphatic carbocycles. The van der Waals surface area contributed by atoms with Gasteiger partial charge in [-0.1, -0.05) is 0 Å². The van der Waals surface area contributed by atoms with Crippen LogP contribution < -0.4 is 11.1 Å². The fraction of sp³-hybridized carbons (Fsp3) is 0.571. The van der Waals surface area contributed by atoms with E-state index in [1.807, 2.05) is 0 Å². The lowest BCUT2D eigenvalue weighted by Gasteiger charge is -2.24. The lowest BCUT2D eigenvalue weighted by Crippen LogP contribution is -2.41. The standard InChI is InChI=1S/C14H22N4O.2ClH/c1-10(18(2)13-5-6-13)8-17-14(19)7-12-4-3-11(15)9-16-12;;/h3-4,9-10,13H,5-8,15H2,1-2H3,(H,17,19);2*1H. The van der Waals surface area contributed by atoms with E-state index in [4.69, 9.17) is 5.73 Å². The number of hydrogen-bond acceptors (Lipinski definition) is 4. The molecule has 0 radical (unpaired) electrons. The summed E-state index contributed by atoms with van der Waals surface area (Å²) in [6.45, 7) is 2.82. The summed E-state index contributed by atoms with van der Waals surface area (Å²) in [6.07, 6.45) is 4.44. The molecule has 1 aliphatic rings. The summed E-state index contributed by atoms with van der Waals surface area (Å²) in [7, 11) is 2.12. The number of carbonyl (C=O) groups is 1. The average molecular weight is 335 g/mol. The Morgan fingerprint density at radius 1 is 1.48 bits per heavy atom. The largest absolute Gasteiger partial charge is 0.397 e. The third-order valence-corrected chi connectivity index (χ3v) is 3.60. The van der Waals surface area contributed by atoms with E-state index >= 15 is 0 Å². The summed E-state index contributed by atoms with van der Waals surface area (Å²) in [6, 6.07) is 4.63. The number of hydrogen-bond donors (Lipinski definition) is 2. The van der Waals surface area contributed by atoms with Gasteiger partial charge in [-0.25, -0.2) is 0 Å². The van der Waals surface area contributed by atoms with Crippen LogP contribution in [0.1, 0.15) is 25.5 Å². The second kappa shape index (κ2) is 9.07. The summed E-state index contributed by atoms with van der Waals surface area (Å²) in [4.78, 5) is 18.3. The molecule has 0 aromatic carbocycles. The SMILES string of the molecule is CC(CNC(=O)Cc1ccc(N)cn1)N(C)C1CC1.Cl.Cl. The molecule has 120 valence electrons. The molecular formula is C14H24Cl2N4O. The lowest BCUT2D eigenvalue weighted by atomic mass is 10.2. The summed E-state index contributed by atoms with van der Waals surface area (Å²) in [5.41, 5.74) is 6.91. The second-order valence-electron chi connectivity index (χ2n) is 5.31. The molecule has 5 nitrogen and oxygen atoms in total. The Kier molecular flexibility index (Phi) is 8.63. The highest BCUT2D eigenvalue weighted by Gasteiger charge is 2.29. The third-order valence-electron chi connectivity index (χ3n) is 3.60. The van der Waals surface area contributed by atoms with Gasteiger partial charge in [-0.3, -0.25) is 14.7 Å². The van der Waals surface area contributed by atoms with Gasteiger partial charge in [-0.15, -0.1) is 24.8 Å². The Balaban J connectivity index is 0.00000200. The van der Waals surface area contributed by atoms with Crippen LogP contribution in [0.5, 0.6) is 0 Å². The van der Waals surface area contributed by atoms with Gasteiger partial charge in [0.15, 0.2) is 0 Å². The van der Waals surface area contributed by atoms with Crippen molar-refractivity contribution in [3.05, 3.63) is 24.0 Å². The number of anilines is 1. The van der Waals surface area contributed by atoms with E-state index in [2.05, 4.69) is 29.2 Å². The molecule has 0 spiro atoms. The van der Waals surface area contributed by atoms with Crippen molar-refractivity contribution in [3.8, 4) is 0 Å². The van der Waals surface area contributed by atoms with Crippen LogP contribution in [0.2, 0.25) is 0 Å². The topological polar surface area (TPSA) is 71.2 Å². The number of rotatable bonds is 6. The normalized spacial score (nSPS) is 14.8. The van der Waals surface area contributed by atoms with Gasteiger partial charge in [0.25, 0.3) is 0 Å². The van der Waals surface area contributed by atoms with Crippen molar-refractivity contribution < 1.29 is 4.79 Å². The zero-order valence-electron chi connectivity index (χ0n) is 12.4. The summed E-state index contributed by atoms with van der Waals surface area (Å²) in [5.74, 6) is 0.00770. The van der Waals surface area contributed by atoms with Crippen molar-refractivity contribution in [2.75, 3.05) is 19.3 Å². The van der Waals surface area contributed by atoms with Crippen molar-refractivity contribution in [2.45, 2.75) is 38.3 Å². The number of pyridine rings is 1. The highest BCUT2D eigenvalue weighted by atomic mass is 35.5. The fourth-order valence-electron chi connectivity index (χ4n) is 2.01. The molecule has 1 saturated carbocycles. The van der Waals surface area contributed by atoms with Crippen molar-refractivity contribution in [3.63, 3.8) is 0 Å². The van der Waals surface area contributed by atoms with Gasteiger partial charge in [-0.05, 0) is 38.9 Å². The smallest absolute Gasteiger partial charge is 0.226 e. The van der Waals surface area contributed by atoms with E-state index in [1.165, 1.54) is 12.8 Å². The number of likely N-dealkylation sites (N-methyl/N-ethyl adjacent to an activating group) is 1. The number of nitrogen functional groups attached to an aromatic ring is 1. The molecule has 7 heteroatoms. The molecule has 1 aromatic heterocycles. The van der Waals surface area contributed by atoms with Crippen LogP contribution in [0.15, 0.2) is 18.3 Å². The van der Waals surface area contributed by atoms with Gasteiger partial charge < -0.3 is 11.1 Å². The Hall–Kier alpha value is -1.04. The van der Waals surface area contributed by atoms with Crippen LogP contribution in [0.4, 0.5) is 5.69 Å². The quantitative estimate of drug-likeness (QED) is 0.829. The maximum absolute atomic E-state index is 11.8. The van der Waals surface area contributed by atoms with E-state index in [0.717, 1.165) is 5.69 Å². The minimum Gasteiger partial charge on any atom is -0.397 e. The van der Waals surface area contributed by atoms with Crippen molar-refractivity contribution >= 4 is 36.4 Å². The van der Waals surface area contributed by atoms with E-state index in [0.29, 0.717) is 30.7 Å². The number of nitrogens with zero attached hydrogens (tertiary/aromatic N) is 2. The molecule has 1 fully saturated rings. The fourth-order valence-corrected chi connectivity index (χ4v) is 2.01. The minimum absolute atomic E-state index is 0. The minimum atomic E-state index is 0. The van der Waals surface area contributed by atoms with Crippen LogP contribution in [0.3, 0.4) is 0 Å². The van der Waals surface area contributed by atoms with Crippen molar-refractivity contribution in [2.24, 2.45) is 0 Å². The molecule has 1 aromatic rings. The van der Waals surface area contributed by atoms with E-state index in [-0.39, 0.29) is 30.7 Å². The molecule has 1 heterocycles. The van der Waals surface area contributed by atoms with Gasteiger partial charge >= 0.3 is 0 Å². The van der Waals surface area contributed by atoms with E-state index < -0.39 is 0 Å². The van der Waals surface area contributed by atoms with Gasteiger partial charge in [0, 0.05) is 24.3 Å². The Morgan fingerprint density at radius 2 is 2.14 bits per heavy atom. The lowest BCUT2D eigenvalue weighted by molar-refractivity contribution is -0.120. The predicted octanol–water partition coefficient (Wildman–Crippen LogP) is 1.65. The van der Waals surface area contributed by atoms with Gasteiger partial charge in [-0.2, -0.15) is 0 Å². The number of amides is 1. The highest BCUT2D eigenvalue weighted by molar-refractivity contribution is 5.85. The summed E-state index contributed by atoms with van der Waals surface area (Å²) in [5, 5.41) is 2.96. The van der Waals surface area contributed by atoms with Crippen LogP contribution in [0, 0.1) is 0 Å². The van der Waals surface area contributed by atoms with Gasteiger partial charge in [0.1, 0.15) is 0 Å². The molecule has 3 N–H and O–H groups in total. The monoisotopic (exact) mass is 334 g/mol. The number of nitrogens with one attached hydrogen (secondary N) is 1. The van der Waals surface area contributed by atoms with Crippen molar-refractivity contribution in [1.29, 1.82) is 0 Å². The first-order chi connectivity index (χ1) is 9.06. The number of nitrogens with two attached hydrogens (primary N) is 1. The van der Waals surface area contributed by atoms with E-state index in [1.54, 1.807) is 18.3 Å². The maximum Gasteiger partial charge on any atom is 0.226 e. The summed E-state index contributed by atoms with van der Waals surface area (Å²) >= 11 is 0. The zero-order chi connectivity index (χ0) is 13.8. The van der Waals surface area contributed by atoms with Crippen LogP contribution in [0.25, 0.3) is 0 Å². The number of aromatic nitrogens is 1. The summed E-state index contributed by atoms with van der Waals surface area (Å²) < 4.78 is 0. The molecule has 0 aliphatic heterocycles. The van der Waals surface area contributed by atoms with Crippen LogP contribution >= 0.6 is 24.8 Å². The molecule has 0 saturated heterocycles. The number of halogens is 2. The average Bonchev–Trinajstić information content (AvgIpc) is 3.22. The molecule has 2 rings (SSSR count). The first-order valence-corrected chi connectivity index (χ1v) is 6.75. The molecule has 21 heavy (non-hydrogen) atoms. The molecule has 1 amide bonds. The van der Waals surface area contributed by atoms with E-state index in [9.17, 15) is 4.79 Å². The van der Waals surface area contributed by atoms with Gasteiger partial charge in [0.2, 0.25) is 5.91 Å². The number of carbonyl (C=O) groups excluding carboxylic acids is 1. The molecule has 1 unspecified atom stereocenters. The molecular weight excluding hydrogens is 311 g/mol. The predicted molar refractivity (Wildman–Crippen MR) is 90.1 cm³/mol. The second-order valence-corrected chi connectivity index (χ2v) is 5.31. The maximum atomic E-state index is 11.8. The van der Waals surface area contributed by atoms with Crippen LogP contribution in [-0.2, 0) is 11.2 Å². The van der Waals surface area contributed by atoms with Crippen LogP contribution in [-0.4, -0.2) is 41.5 Å². The Labute approximate surface area is 138 Å². The highest BCUT2D eigenvalue weighted by Crippen LogP contribution is 2.26. The first-order valence-electron chi connectivity index (χ1n) is 6.75. The first kappa shape index (κ1) is 20.0. The van der Waals surface area contributed by atoms with Gasteiger partial charge in [0.05, 0.1) is 18.3 Å².